The lowest BCUT2D eigenvalue weighted by Crippen LogP contribution is -2.23. The van der Waals surface area contributed by atoms with Gasteiger partial charge in [-0.05, 0) is 38.5 Å². The summed E-state index contributed by atoms with van der Waals surface area (Å²) in [6.07, 6.45) is 14.1. The number of hydrogen-bond donors (Lipinski definition) is 0. The minimum Gasteiger partial charge on any atom is -0.119 e. The molecule has 0 heterocycles. The summed E-state index contributed by atoms with van der Waals surface area (Å²) in [4.78, 5) is 0.0992. The first-order valence-electron chi connectivity index (χ1n) is 8.83. The third-order valence-electron chi connectivity index (χ3n) is 4.29. The van der Waals surface area contributed by atoms with E-state index in [2.05, 4.69) is 27.7 Å². The molecule has 122 valence electrons. The molecule has 0 aromatic carbocycles. The van der Waals surface area contributed by atoms with Gasteiger partial charge in [0.25, 0.3) is 0 Å². The zero-order valence-corrected chi connectivity index (χ0v) is 15.8. The highest BCUT2D eigenvalue weighted by molar-refractivity contribution is 6.24. The maximum absolute atomic E-state index is 6.78. The van der Waals surface area contributed by atoms with Crippen LogP contribution in [0.5, 0.6) is 0 Å². The van der Waals surface area contributed by atoms with Crippen molar-refractivity contribution in [3.05, 3.63) is 0 Å². The predicted molar refractivity (Wildman–Crippen MR) is 95.3 cm³/mol. The molecule has 0 aliphatic heterocycles. The molecular formula is C18H36Cl2. The molecule has 0 spiro atoms. The average Bonchev–Trinajstić information content (AvgIpc) is 2.36. The van der Waals surface area contributed by atoms with Crippen LogP contribution in [0.2, 0.25) is 0 Å². The van der Waals surface area contributed by atoms with E-state index >= 15 is 0 Å². The van der Waals surface area contributed by atoms with Crippen LogP contribution in [0, 0.1) is 0 Å². The van der Waals surface area contributed by atoms with E-state index in [4.69, 9.17) is 23.2 Å². The average molecular weight is 323 g/mol. The molecule has 0 amide bonds. The fourth-order valence-corrected chi connectivity index (χ4v) is 4.45. The number of hydrogen-bond acceptors (Lipinski definition) is 0. The second-order valence-corrected chi connectivity index (χ2v) is 8.11. The summed E-state index contributed by atoms with van der Waals surface area (Å²) in [5, 5.41) is 0. The molecule has 0 N–H and O–H groups in total. The van der Waals surface area contributed by atoms with Crippen LogP contribution in [0.3, 0.4) is 0 Å². The van der Waals surface area contributed by atoms with Gasteiger partial charge in [-0.3, -0.25) is 0 Å². The van der Waals surface area contributed by atoms with Gasteiger partial charge in [0.05, 0.1) is 0 Å². The van der Waals surface area contributed by atoms with Gasteiger partial charge in [0.1, 0.15) is 0 Å². The van der Waals surface area contributed by atoms with Gasteiger partial charge >= 0.3 is 0 Å². The van der Waals surface area contributed by atoms with Crippen LogP contribution in [-0.2, 0) is 0 Å². The van der Waals surface area contributed by atoms with Gasteiger partial charge in [-0.25, -0.2) is 0 Å². The molecule has 0 saturated carbocycles. The van der Waals surface area contributed by atoms with E-state index in [9.17, 15) is 0 Å². The van der Waals surface area contributed by atoms with Crippen LogP contribution < -0.4 is 0 Å². The summed E-state index contributed by atoms with van der Waals surface area (Å²) < 4.78 is 0. The normalized spacial score (nSPS) is 12.9. The smallest absolute Gasteiger partial charge is 0.0446 e. The van der Waals surface area contributed by atoms with Crippen molar-refractivity contribution in [2.75, 3.05) is 0 Å². The van der Waals surface area contributed by atoms with Crippen LogP contribution in [-0.4, -0.2) is 9.75 Å². The van der Waals surface area contributed by atoms with Crippen LogP contribution in [0.4, 0.5) is 0 Å². The van der Waals surface area contributed by atoms with Crippen molar-refractivity contribution in [2.45, 2.75) is 114 Å². The molecule has 0 fully saturated rings. The fraction of sp³-hybridized carbons (Fsp3) is 1.00. The Bertz CT molecular complexity index is 189. The summed E-state index contributed by atoms with van der Waals surface area (Å²) in [6.45, 7) is 8.94. The van der Waals surface area contributed by atoms with Gasteiger partial charge < -0.3 is 0 Å². The molecular weight excluding hydrogens is 287 g/mol. The summed E-state index contributed by atoms with van der Waals surface area (Å²) in [5.41, 5.74) is 0. The van der Waals surface area contributed by atoms with E-state index in [0.717, 1.165) is 38.5 Å². The van der Waals surface area contributed by atoms with Gasteiger partial charge in [0.2, 0.25) is 0 Å². The van der Waals surface area contributed by atoms with Crippen LogP contribution in [0.1, 0.15) is 105 Å². The van der Waals surface area contributed by atoms with E-state index in [0.29, 0.717) is 0 Å². The van der Waals surface area contributed by atoms with Crippen molar-refractivity contribution in [1.82, 2.24) is 0 Å². The SMILES string of the molecule is CCCC(Cl)(CCC)CCCCC(Cl)(CCC)CCC. The topological polar surface area (TPSA) is 0 Å². The molecule has 0 radical (unpaired) electrons. The first-order chi connectivity index (χ1) is 9.45. The number of unbranched alkanes of at least 4 members (excludes halogenated alkanes) is 1. The Balaban J connectivity index is 4.13. The number of alkyl halides is 2. The third-order valence-corrected chi connectivity index (χ3v) is 5.43. The van der Waals surface area contributed by atoms with E-state index in [1.807, 2.05) is 0 Å². The molecule has 2 heteroatoms. The van der Waals surface area contributed by atoms with E-state index in [1.165, 1.54) is 38.5 Å². The molecule has 0 rings (SSSR count). The van der Waals surface area contributed by atoms with Crippen molar-refractivity contribution >= 4 is 23.2 Å². The Morgan fingerprint density at radius 1 is 0.500 bits per heavy atom. The molecule has 0 aromatic rings. The second-order valence-electron chi connectivity index (χ2n) is 6.51. The Morgan fingerprint density at radius 2 is 0.750 bits per heavy atom. The quantitative estimate of drug-likeness (QED) is 0.240. The molecule has 0 nitrogen and oxygen atoms in total. The monoisotopic (exact) mass is 322 g/mol. The van der Waals surface area contributed by atoms with Gasteiger partial charge in [-0.2, -0.15) is 0 Å². The van der Waals surface area contributed by atoms with Crippen molar-refractivity contribution in [3.63, 3.8) is 0 Å². The molecule has 0 unspecified atom stereocenters. The zero-order chi connectivity index (χ0) is 15.5. The maximum atomic E-state index is 6.78. The molecule has 0 aliphatic rings. The Kier molecular flexibility index (Phi) is 11.5. The molecule has 20 heavy (non-hydrogen) atoms. The van der Waals surface area contributed by atoms with Gasteiger partial charge in [0, 0.05) is 9.75 Å². The van der Waals surface area contributed by atoms with Crippen molar-refractivity contribution in [1.29, 1.82) is 0 Å². The standard InChI is InChI=1S/C18H36Cl2/c1-5-11-17(19,12-6-2)15-9-10-16-18(20,13-7-3)14-8-4/h5-16H2,1-4H3. The lowest BCUT2D eigenvalue weighted by molar-refractivity contribution is 0.392. The van der Waals surface area contributed by atoms with E-state index in [1.54, 1.807) is 0 Å². The first-order valence-corrected chi connectivity index (χ1v) is 9.58. The second kappa shape index (κ2) is 11.2. The highest BCUT2D eigenvalue weighted by Gasteiger charge is 2.27. The van der Waals surface area contributed by atoms with Crippen molar-refractivity contribution in [3.8, 4) is 0 Å². The maximum Gasteiger partial charge on any atom is 0.0446 e. The van der Waals surface area contributed by atoms with Gasteiger partial charge in [0.15, 0.2) is 0 Å². The number of halogens is 2. The summed E-state index contributed by atoms with van der Waals surface area (Å²) in [7, 11) is 0. The molecule has 0 bridgehead atoms. The highest BCUT2D eigenvalue weighted by Crippen LogP contribution is 2.36. The molecule has 0 aliphatic carbocycles. The Labute approximate surface area is 138 Å². The van der Waals surface area contributed by atoms with Crippen LogP contribution >= 0.6 is 23.2 Å². The fourth-order valence-electron chi connectivity index (χ4n) is 3.43. The predicted octanol–water partition coefficient (Wildman–Crippen LogP) is 7.70. The van der Waals surface area contributed by atoms with Crippen LogP contribution in [0.15, 0.2) is 0 Å². The lowest BCUT2D eigenvalue weighted by atomic mass is 9.88. The van der Waals surface area contributed by atoms with Crippen molar-refractivity contribution < 1.29 is 0 Å². The molecule has 0 saturated heterocycles. The summed E-state index contributed by atoms with van der Waals surface area (Å²) in [5.74, 6) is 0. The van der Waals surface area contributed by atoms with E-state index in [-0.39, 0.29) is 9.75 Å². The van der Waals surface area contributed by atoms with Crippen molar-refractivity contribution in [2.24, 2.45) is 0 Å². The number of rotatable bonds is 13. The highest BCUT2D eigenvalue weighted by atomic mass is 35.5. The minimum atomic E-state index is 0.0496. The first kappa shape index (κ1) is 20.6. The van der Waals surface area contributed by atoms with Gasteiger partial charge in [-0.15, -0.1) is 23.2 Å². The van der Waals surface area contributed by atoms with E-state index < -0.39 is 0 Å². The Morgan fingerprint density at radius 3 is 0.950 bits per heavy atom. The minimum absolute atomic E-state index is 0.0496. The molecule has 0 atom stereocenters. The third kappa shape index (κ3) is 8.78. The zero-order valence-electron chi connectivity index (χ0n) is 14.2. The summed E-state index contributed by atoms with van der Waals surface area (Å²) >= 11 is 13.6. The van der Waals surface area contributed by atoms with Crippen LogP contribution in [0.25, 0.3) is 0 Å². The van der Waals surface area contributed by atoms with Gasteiger partial charge in [-0.1, -0.05) is 66.2 Å². The largest absolute Gasteiger partial charge is 0.119 e. The Hall–Kier alpha value is 0.580. The molecule has 0 aromatic heterocycles. The lowest BCUT2D eigenvalue weighted by Gasteiger charge is -2.29. The summed E-state index contributed by atoms with van der Waals surface area (Å²) in [6, 6.07) is 0.